The zero-order chi connectivity index (χ0) is 13.0. The lowest BCUT2D eigenvalue weighted by Crippen LogP contribution is -2.31. The Labute approximate surface area is 107 Å². The van der Waals surface area contributed by atoms with E-state index in [0.29, 0.717) is 19.7 Å². The van der Waals surface area contributed by atoms with Crippen molar-refractivity contribution < 1.29 is 14.6 Å². The molecular formula is C14H19NO3. The number of aliphatic hydroxyl groups excluding tert-OH is 1. The molecule has 3 atom stereocenters. The first-order valence-corrected chi connectivity index (χ1v) is 6.34. The third-order valence-electron chi connectivity index (χ3n) is 3.36. The topological polar surface area (TPSA) is 58.6 Å². The molecule has 1 fully saturated rings. The van der Waals surface area contributed by atoms with E-state index in [4.69, 9.17) is 4.74 Å². The van der Waals surface area contributed by atoms with Gasteiger partial charge in [0.25, 0.3) is 0 Å². The molecule has 1 heterocycles. The number of aliphatic hydroxyl groups is 1. The van der Waals surface area contributed by atoms with Crippen molar-refractivity contribution in [2.75, 3.05) is 19.7 Å². The van der Waals surface area contributed by atoms with Crippen LogP contribution < -0.4 is 5.32 Å². The zero-order valence-corrected chi connectivity index (χ0v) is 10.5. The molecule has 3 unspecified atom stereocenters. The predicted molar refractivity (Wildman–Crippen MR) is 68.2 cm³/mol. The number of benzene rings is 1. The summed E-state index contributed by atoms with van der Waals surface area (Å²) in [6.45, 7) is 3.33. The molecule has 0 saturated carbocycles. The Hall–Kier alpha value is -1.39. The Kier molecular flexibility index (Phi) is 4.33. The van der Waals surface area contributed by atoms with Gasteiger partial charge in [-0.3, -0.25) is 4.79 Å². The van der Waals surface area contributed by atoms with Gasteiger partial charge in [0.1, 0.15) is 0 Å². The highest BCUT2D eigenvalue weighted by molar-refractivity contribution is 5.78. The van der Waals surface area contributed by atoms with Gasteiger partial charge in [-0.15, -0.1) is 0 Å². The molecule has 1 saturated heterocycles. The summed E-state index contributed by atoms with van der Waals surface area (Å²) in [5, 5.41) is 13.1. The third kappa shape index (κ3) is 2.71. The fraction of sp³-hybridized carbons (Fsp3) is 0.500. The fourth-order valence-corrected chi connectivity index (χ4v) is 2.48. The van der Waals surface area contributed by atoms with Gasteiger partial charge in [-0.05, 0) is 12.5 Å². The number of carbonyl (C=O) groups is 1. The first-order chi connectivity index (χ1) is 8.74. The summed E-state index contributed by atoms with van der Waals surface area (Å²) in [5.41, 5.74) is 0.906. The number of nitrogens with one attached hydrogen (secondary N) is 1. The van der Waals surface area contributed by atoms with E-state index in [0.717, 1.165) is 5.56 Å². The normalized spacial score (nSPS) is 24.8. The first kappa shape index (κ1) is 13.1. The molecule has 0 radical (unpaired) electrons. The largest absolute Gasteiger partial charge is 0.466 e. The van der Waals surface area contributed by atoms with E-state index in [1.165, 1.54) is 0 Å². The number of hydrogen-bond acceptors (Lipinski definition) is 4. The van der Waals surface area contributed by atoms with Gasteiger partial charge in [0.05, 0.1) is 18.6 Å². The van der Waals surface area contributed by atoms with Crippen molar-refractivity contribution in [2.24, 2.45) is 5.92 Å². The minimum Gasteiger partial charge on any atom is -0.466 e. The van der Waals surface area contributed by atoms with Gasteiger partial charge in [0.2, 0.25) is 0 Å². The minimum atomic E-state index is -0.500. The van der Waals surface area contributed by atoms with Crippen LogP contribution in [0.5, 0.6) is 0 Å². The molecule has 4 nitrogen and oxygen atoms in total. The average molecular weight is 249 g/mol. The van der Waals surface area contributed by atoms with Crippen LogP contribution in [0.25, 0.3) is 0 Å². The SMILES string of the molecule is CCOC(=O)C(c1ccccc1)C1CNCC1O. The molecule has 1 aromatic carbocycles. The first-order valence-electron chi connectivity index (χ1n) is 6.34. The molecule has 18 heavy (non-hydrogen) atoms. The Morgan fingerprint density at radius 3 is 2.72 bits per heavy atom. The monoisotopic (exact) mass is 249 g/mol. The molecule has 1 aromatic rings. The van der Waals surface area contributed by atoms with Gasteiger partial charge >= 0.3 is 5.97 Å². The summed E-state index contributed by atoms with van der Waals surface area (Å²) >= 11 is 0. The minimum absolute atomic E-state index is 0.119. The number of β-amino-alcohol motifs (C(OH)–C–C–N with tert-alkyl or cyclic N) is 1. The van der Waals surface area contributed by atoms with Crippen LogP contribution in [0.3, 0.4) is 0 Å². The smallest absolute Gasteiger partial charge is 0.313 e. The highest BCUT2D eigenvalue weighted by atomic mass is 16.5. The highest BCUT2D eigenvalue weighted by Crippen LogP contribution is 2.30. The zero-order valence-electron chi connectivity index (χ0n) is 10.5. The lowest BCUT2D eigenvalue weighted by molar-refractivity contribution is -0.147. The van der Waals surface area contributed by atoms with Crippen molar-refractivity contribution in [3.8, 4) is 0 Å². The molecule has 98 valence electrons. The van der Waals surface area contributed by atoms with Crippen LogP contribution in [-0.4, -0.2) is 36.9 Å². The maximum Gasteiger partial charge on any atom is 0.313 e. The van der Waals surface area contributed by atoms with E-state index in [2.05, 4.69) is 5.32 Å². The van der Waals surface area contributed by atoms with Gasteiger partial charge in [-0.2, -0.15) is 0 Å². The summed E-state index contributed by atoms with van der Waals surface area (Å²) < 4.78 is 5.14. The van der Waals surface area contributed by atoms with Crippen molar-refractivity contribution in [2.45, 2.75) is 18.9 Å². The van der Waals surface area contributed by atoms with Crippen LogP contribution in [0.4, 0.5) is 0 Å². The fourth-order valence-electron chi connectivity index (χ4n) is 2.48. The number of rotatable bonds is 4. The van der Waals surface area contributed by atoms with Gasteiger partial charge in [0, 0.05) is 19.0 Å². The van der Waals surface area contributed by atoms with Crippen LogP contribution in [0.2, 0.25) is 0 Å². The maximum atomic E-state index is 12.1. The molecule has 2 N–H and O–H groups in total. The Balaban J connectivity index is 2.25. The second-order valence-electron chi connectivity index (χ2n) is 4.53. The molecule has 0 spiro atoms. The molecule has 0 amide bonds. The van der Waals surface area contributed by atoms with Gasteiger partial charge < -0.3 is 15.2 Å². The average Bonchev–Trinajstić information content (AvgIpc) is 2.78. The molecular weight excluding hydrogens is 230 g/mol. The molecule has 1 aliphatic rings. The number of ether oxygens (including phenoxy) is 1. The number of hydrogen-bond donors (Lipinski definition) is 2. The van der Waals surface area contributed by atoms with Crippen molar-refractivity contribution in [1.82, 2.24) is 5.32 Å². The Morgan fingerprint density at radius 2 is 2.17 bits per heavy atom. The lowest BCUT2D eigenvalue weighted by atomic mass is 9.84. The molecule has 4 heteroatoms. The Morgan fingerprint density at radius 1 is 1.44 bits per heavy atom. The van der Waals surface area contributed by atoms with Crippen molar-refractivity contribution in [3.05, 3.63) is 35.9 Å². The Bertz CT molecular complexity index is 393. The van der Waals surface area contributed by atoms with E-state index in [1.807, 2.05) is 30.3 Å². The van der Waals surface area contributed by atoms with Crippen LogP contribution in [0, 0.1) is 5.92 Å². The van der Waals surface area contributed by atoms with Crippen LogP contribution in [0.1, 0.15) is 18.4 Å². The summed E-state index contributed by atoms with van der Waals surface area (Å²) in [7, 11) is 0. The molecule has 0 aromatic heterocycles. The summed E-state index contributed by atoms with van der Waals surface area (Å²) in [6.07, 6.45) is -0.500. The van der Waals surface area contributed by atoms with E-state index in [9.17, 15) is 9.90 Å². The van der Waals surface area contributed by atoms with Crippen molar-refractivity contribution in [1.29, 1.82) is 0 Å². The molecule has 0 aliphatic carbocycles. The van der Waals surface area contributed by atoms with Crippen LogP contribution in [0.15, 0.2) is 30.3 Å². The second-order valence-corrected chi connectivity index (χ2v) is 4.53. The molecule has 1 aliphatic heterocycles. The van der Waals surface area contributed by atoms with Gasteiger partial charge in [0.15, 0.2) is 0 Å². The van der Waals surface area contributed by atoms with E-state index < -0.39 is 12.0 Å². The van der Waals surface area contributed by atoms with Crippen LogP contribution >= 0.6 is 0 Å². The molecule has 0 bridgehead atoms. The number of carbonyl (C=O) groups excluding carboxylic acids is 1. The molecule has 2 rings (SSSR count). The standard InChI is InChI=1S/C14H19NO3/c1-2-18-14(17)13(10-6-4-3-5-7-10)11-8-15-9-12(11)16/h3-7,11-13,15-16H,2,8-9H2,1H3. The summed E-state index contributed by atoms with van der Waals surface area (Å²) in [4.78, 5) is 12.1. The lowest BCUT2D eigenvalue weighted by Gasteiger charge is -2.24. The quantitative estimate of drug-likeness (QED) is 0.779. The van der Waals surface area contributed by atoms with E-state index in [1.54, 1.807) is 6.92 Å². The maximum absolute atomic E-state index is 12.1. The summed E-state index contributed by atoms with van der Waals surface area (Å²) in [5.74, 6) is -0.765. The van der Waals surface area contributed by atoms with Crippen LogP contribution in [-0.2, 0) is 9.53 Å². The number of esters is 1. The highest BCUT2D eigenvalue weighted by Gasteiger charge is 2.38. The van der Waals surface area contributed by atoms with Crippen molar-refractivity contribution >= 4 is 5.97 Å². The van der Waals surface area contributed by atoms with E-state index >= 15 is 0 Å². The van der Waals surface area contributed by atoms with Crippen molar-refractivity contribution in [3.63, 3.8) is 0 Å². The van der Waals surface area contributed by atoms with E-state index in [-0.39, 0.29) is 11.9 Å². The van der Waals surface area contributed by atoms with Gasteiger partial charge in [-0.1, -0.05) is 30.3 Å². The second kappa shape index (κ2) is 5.98. The van der Waals surface area contributed by atoms with Gasteiger partial charge in [-0.25, -0.2) is 0 Å². The summed E-state index contributed by atoms with van der Waals surface area (Å²) in [6, 6.07) is 9.53. The predicted octanol–water partition coefficient (Wildman–Crippen LogP) is 0.914. The third-order valence-corrected chi connectivity index (χ3v) is 3.36.